The first-order valence-corrected chi connectivity index (χ1v) is 19.5. The predicted molar refractivity (Wildman–Crippen MR) is 235 cm³/mol. The van der Waals surface area contributed by atoms with Crippen LogP contribution in [-0.2, 0) is 0 Å². The molecule has 0 radical (unpaired) electrons. The van der Waals surface area contributed by atoms with E-state index in [1.54, 1.807) is 0 Å². The number of rotatable bonds is 6. The first-order chi connectivity index (χ1) is 27.3. The van der Waals surface area contributed by atoms with Crippen molar-refractivity contribution in [2.75, 3.05) is 4.90 Å². The summed E-state index contributed by atoms with van der Waals surface area (Å²) in [5, 5.41) is 7.51. The Morgan fingerprint density at radius 3 is 1.60 bits per heavy atom. The summed E-state index contributed by atoms with van der Waals surface area (Å²) in [6.45, 7) is 0. The Hall–Kier alpha value is -6.94. The molecule has 0 aliphatic heterocycles. The molecule has 0 spiro atoms. The van der Waals surface area contributed by atoms with Gasteiger partial charge >= 0.3 is 0 Å². The van der Waals surface area contributed by atoms with E-state index in [-0.39, 0.29) is 0 Å². The summed E-state index contributed by atoms with van der Waals surface area (Å²) < 4.78 is 8.90. The molecule has 2 heterocycles. The summed E-state index contributed by atoms with van der Waals surface area (Å²) in [6, 6.07) is 72.1. The van der Waals surface area contributed by atoms with Crippen LogP contribution in [0.1, 0.15) is 0 Å². The molecule has 0 bridgehead atoms. The van der Waals surface area contributed by atoms with E-state index in [1.165, 1.54) is 58.8 Å². The molecule has 0 atom stereocenters. The van der Waals surface area contributed by atoms with E-state index >= 15 is 0 Å². The number of nitrogens with zero attached hydrogens (tertiary/aromatic N) is 1. The van der Waals surface area contributed by atoms with Gasteiger partial charge < -0.3 is 9.32 Å². The van der Waals surface area contributed by atoms with Crippen molar-refractivity contribution in [1.82, 2.24) is 0 Å². The van der Waals surface area contributed by atoms with Gasteiger partial charge in [0.05, 0.1) is 0 Å². The monoisotopic (exact) mass is 719 g/mol. The van der Waals surface area contributed by atoms with Crippen LogP contribution < -0.4 is 4.90 Å². The lowest BCUT2D eigenvalue weighted by Crippen LogP contribution is -2.09. The average Bonchev–Trinajstić information content (AvgIpc) is 3.84. The molecule has 9 aromatic carbocycles. The van der Waals surface area contributed by atoms with Gasteiger partial charge in [-0.25, -0.2) is 0 Å². The second-order valence-corrected chi connectivity index (χ2v) is 15.1. The van der Waals surface area contributed by atoms with E-state index in [9.17, 15) is 0 Å². The summed E-state index contributed by atoms with van der Waals surface area (Å²) in [4.78, 5) is 2.35. The van der Waals surface area contributed by atoms with Gasteiger partial charge in [0.2, 0.25) is 0 Å². The number of fused-ring (bicyclic) bond motifs is 8. The number of hydrogen-bond donors (Lipinski definition) is 0. The van der Waals surface area contributed by atoms with Crippen LogP contribution in [-0.4, -0.2) is 0 Å². The van der Waals surface area contributed by atoms with Gasteiger partial charge in [-0.05, 0) is 93.4 Å². The molecule has 2 aromatic heterocycles. The molecule has 3 heteroatoms. The molecule has 258 valence electrons. The highest BCUT2D eigenvalue weighted by Crippen LogP contribution is 2.44. The van der Waals surface area contributed by atoms with Gasteiger partial charge in [0, 0.05) is 53.4 Å². The minimum absolute atomic E-state index is 0.905. The second kappa shape index (κ2) is 12.9. The third-order valence-electron chi connectivity index (χ3n) is 10.9. The zero-order chi connectivity index (χ0) is 36.3. The maximum atomic E-state index is 6.23. The third kappa shape index (κ3) is 5.32. The maximum Gasteiger partial charge on any atom is 0.136 e. The van der Waals surface area contributed by atoms with E-state index in [0.29, 0.717) is 0 Å². The van der Waals surface area contributed by atoms with Crippen molar-refractivity contribution in [3.05, 3.63) is 200 Å². The van der Waals surface area contributed by atoms with Gasteiger partial charge in [-0.2, -0.15) is 0 Å². The highest BCUT2D eigenvalue weighted by molar-refractivity contribution is 7.26. The molecule has 11 rings (SSSR count). The number of para-hydroxylation sites is 1. The Balaban J connectivity index is 1.02. The van der Waals surface area contributed by atoms with E-state index < -0.39 is 0 Å². The zero-order valence-electron chi connectivity index (χ0n) is 29.8. The van der Waals surface area contributed by atoms with Crippen LogP contribution in [0.4, 0.5) is 17.1 Å². The molecule has 0 N–H and O–H groups in total. The molecule has 0 fully saturated rings. The number of thiophene rings is 1. The summed E-state index contributed by atoms with van der Waals surface area (Å²) in [7, 11) is 0. The zero-order valence-corrected chi connectivity index (χ0v) is 30.6. The molecule has 55 heavy (non-hydrogen) atoms. The topological polar surface area (TPSA) is 16.4 Å². The molecule has 0 saturated heterocycles. The Kier molecular flexibility index (Phi) is 7.39. The van der Waals surface area contributed by atoms with Crippen LogP contribution in [0.15, 0.2) is 205 Å². The van der Waals surface area contributed by atoms with Gasteiger partial charge in [0.1, 0.15) is 11.2 Å². The molecule has 2 nitrogen and oxygen atoms in total. The van der Waals surface area contributed by atoms with Gasteiger partial charge in [-0.15, -0.1) is 11.3 Å². The fourth-order valence-electron chi connectivity index (χ4n) is 8.27. The third-order valence-corrected chi connectivity index (χ3v) is 12.1. The Morgan fingerprint density at radius 1 is 0.345 bits per heavy atom. The average molecular weight is 720 g/mol. The molecular weight excluding hydrogens is 687 g/mol. The van der Waals surface area contributed by atoms with Gasteiger partial charge in [0.15, 0.2) is 0 Å². The first kappa shape index (κ1) is 31.6. The Bertz CT molecular complexity index is 3170. The fraction of sp³-hybridized carbons (Fsp3) is 0. The lowest BCUT2D eigenvalue weighted by atomic mass is 9.96. The lowest BCUT2D eigenvalue weighted by molar-refractivity contribution is 0.669. The maximum absolute atomic E-state index is 6.23. The molecule has 0 aliphatic carbocycles. The molecule has 0 amide bonds. The minimum atomic E-state index is 0.905. The van der Waals surface area contributed by atoms with Crippen molar-refractivity contribution in [2.24, 2.45) is 0 Å². The predicted octanol–water partition coefficient (Wildman–Crippen LogP) is 15.6. The van der Waals surface area contributed by atoms with Crippen LogP contribution in [0.5, 0.6) is 0 Å². The SMILES string of the molecule is c1ccc(-c2ccc(N(c3ccc(-c4cccc5oc6ccccc6c45)cc3)c3ccc(-c4cccc5ccc6c7ccccc7sc6c45)cc3)cc2)cc1. The quantitative estimate of drug-likeness (QED) is 0.170. The normalized spacial score (nSPS) is 11.6. The van der Waals surface area contributed by atoms with Crippen molar-refractivity contribution < 1.29 is 4.42 Å². The summed E-state index contributed by atoms with van der Waals surface area (Å²) in [5.41, 5.74) is 12.3. The van der Waals surface area contributed by atoms with Crippen molar-refractivity contribution in [1.29, 1.82) is 0 Å². The van der Waals surface area contributed by atoms with E-state index in [1.807, 2.05) is 23.5 Å². The van der Waals surface area contributed by atoms with E-state index in [2.05, 4.69) is 193 Å². The van der Waals surface area contributed by atoms with Crippen molar-refractivity contribution in [3.8, 4) is 33.4 Å². The minimum Gasteiger partial charge on any atom is -0.456 e. The smallest absolute Gasteiger partial charge is 0.136 e. The first-order valence-electron chi connectivity index (χ1n) is 18.7. The fourth-order valence-corrected chi connectivity index (χ4v) is 9.54. The Labute approximate surface area is 322 Å². The van der Waals surface area contributed by atoms with Crippen molar-refractivity contribution in [3.63, 3.8) is 0 Å². The highest BCUT2D eigenvalue weighted by atomic mass is 32.1. The molecule has 0 aliphatic rings. The molecular formula is C52H33NOS. The number of hydrogen-bond acceptors (Lipinski definition) is 3. The summed E-state index contributed by atoms with van der Waals surface area (Å²) >= 11 is 1.89. The van der Waals surface area contributed by atoms with E-state index in [0.717, 1.165) is 44.6 Å². The summed E-state index contributed by atoms with van der Waals surface area (Å²) in [6.07, 6.45) is 0. The van der Waals surface area contributed by atoms with Crippen molar-refractivity contribution in [2.45, 2.75) is 0 Å². The number of benzene rings is 9. The Morgan fingerprint density at radius 2 is 0.891 bits per heavy atom. The molecule has 11 aromatic rings. The second-order valence-electron chi connectivity index (χ2n) is 14.1. The van der Waals surface area contributed by atoms with Crippen LogP contribution in [0.25, 0.3) is 86.3 Å². The lowest BCUT2D eigenvalue weighted by Gasteiger charge is -2.26. The highest BCUT2D eigenvalue weighted by Gasteiger charge is 2.17. The van der Waals surface area contributed by atoms with Crippen LogP contribution in [0.3, 0.4) is 0 Å². The largest absolute Gasteiger partial charge is 0.456 e. The van der Waals surface area contributed by atoms with Crippen LogP contribution in [0.2, 0.25) is 0 Å². The standard InChI is InChI=1S/C52H33NOS/c1-2-10-34(11-3-1)35-20-27-39(28-21-35)53(41-31-24-37(25-32-41)43-16-9-18-48-51(43)46-14-4-6-17-47(46)54-48)40-29-22-36(23-30-40)42-15-8-12-38-26-33-45-44-13-5-7-19-49(44)55-52(45)50(38)42/h1-33H. The van der Waals surface area contributed by atoms with Gasteiger partial charge in [0.25, 0.3) is 0 Å². The number of furan rings is 1. The molecule has 0 saturated carbocycles. The molecule has 0 unspecified atom stereocenters. The summed E-state index contributed by atoms with van der Waals surface area (Å²) in [5.74, 6) is 0. The van der Waals surface area contributed by atoms with E-state index in [4.69, 9.17) is 4.42 Å². The van der Waals surface area contributed by atoms with Crippen molar-refractivity contribution >= 4 is 81.3 Å². The van der Waals surface area contributed by atoms with Crippen LogP contribution in [0, 0.1) is 0 Å². The van der Waals surface area contributed by atoms with Crippen LogP contribution >= 0.6 is 11.3 Å². The van der Waals surface area contributed by atoms with Gasteiger partial charge in [-0.1, -0.05) is 146 Å². The van der Waals surface area contributed by atoms with Gasteiger partial charge in [-0.3, -0.25) is 0 Å². The number of anilines is 3.